The highest BCUT2D eigenvalue weighted by molar-refractivity contribution is 8.13. The highest BCUT2D eigenvalue weighted by atomic mass is 35.5. The molecule has 0 unspecified atom stereocenters. The van der Waals surface area contributed by atoms with Crippen LogP contribution in [0, 0.1) is 13.8 Å². The fourth-order valence-corrected chi connectivity index (χ4v) is 6.82. The first-order valence-electron chi connectivity index (χ1n) is 8.85. The van der Waals surface area contributed by atoms with Crippen LogP contribution in [-0.2, 0) is 15.6 Å². The molecule has 0 aliphatic carbocycles. The van der Waals surface area contributed by atoms with E-state index in [0.717, 1.165) is 21.4 Å². The Hall–Kier alpha value is -1.50. The molecular weight excluding hydrogens is 400 g/mol. The van der Waals surface area contributed by atoms with E-state index < -0.39 is 9.84 Å². The molecule has 4 rings (SSSR count). The molecule has 2 aliphatic heterocycles. The van der Waals surface area contributed by atoms with Gasteiger partial charge in [-0.15, -0.1) is 0 Å². The zero-order valence-electron chi connectivity index (χ0n) is 15.2. The first kappa shape index (κ1) is 18.8. The Balaban J connectivity index is 1.65. The minimum Gasteiger partial charge on any atom is -0.315 e. The van der Waals surface area contributed by atoms with Gasteiger partial charge in [0.05, 0.1) is 23.6 Å². The van der Waals surface area contributed by atoms with Gasteiger partial charge in [-0.25, -0.2) is 8.42 Å². The van der Waals surface area contributed by atoms with E-state index in [-0.39, 0.29) is 23.6 Å². The van der Waals surface area contributed by atoms with Gasteiger partial charge in [-0.2, -0.15) is 0 Å². The van der Waals surface area contributed by atoms with E-state index in [2.05, 4.69) is 36.9 Å². The Bertz CT molecular complexity index is 1020. The summed E-state index contributed by atoms with van der Waals surface area (Å²) < 4.78 is 24.3. The molecule has 27 heavy (non-hydrogen) atoms. The van der Waals surface area contributed by atoms with Crippen molar-refractivity contribution in [1.29, 1.82) is 0 Å². The van der Waals surface area contributed by atoms with Gasteiger partial charge < -0.3 is 4.90 Å². The summed E-state index contributed by atoms with van der Waals surface area (Å²) >= 11 is 7.91. The highest BCUT2D eigenvalue weighted by Gasteiger charge is 2.47. The van der Waals surface area contributed by atoms with Gasteiger partial charge in [0.2, 0.25) is 0 Å². The lowest BCUT2D eigenvalue weighted by Crippen LogP contribution is -2.39. The molecule has 0 amide bonds. The van der Waals surface area contributed by atoms with E-state index in [9.17, 15) is 8.42 Å². The molecule has 142 valence electrons. The summed E-state index contributed by atoms with van der Waals surface area (Å²) in [5.41, 5.74) is 4.47. The standard InChI is InChI=1S/C20H21ClN2O2S2/c1-13-7-8-16(9-14(13)2)23-19-12-27(24,25)11-18(19)22-20(23)26-10-15-5-3-4-6-17(15)21/h3-9,18-19H,10-12H2,1-2H3/t18-,19+/m1/s1. The summed E-state index contributed by atoms with van der Waals surface area (Å²) in [6.45, 7) is 4.15. The van der Waals surface area contributed by atoms with Crippen molar-refractivity contribution < 1.29 is 8.42 Å². The smallest absolute Gasteiger partial charge is 0.164 e. The van der Waals surface area contributed by atoms with Gasteiger partial charge in [0.15, 0.2) is 15.0 Å². The van der Waals surface area contributed by atoms with Gasteiger partial charge in [-0.1, -0.05) is 47.6 Å². The molecule has 2 aliphatic rings. The number of benzene rings is 2. The third-order valence-electron chi connectivity index (χ3n) is 5.19. The number of hydrogen-bond acceptors (Lipinski definition) is 5. The van der Waals surface area contributed by atoms with Gasteiger partial charge in [-0.3, -0.25) is 4.99 Å². The molecule has 7 heteroatoms. The van der Waals surface area contributed by atoms with E-state index in [1.54, 1.807) is 11.8 Å². The largest absolute Gasteiger partial charge is 0.315 e. The van der Waals surface area contributed by atoms with Crippen LogP contribution in [0.5, 0.6) is 0 Å². The average Bonchev–Trinajstić information content (AvgIpc) is 3.08. The molecule has 1 fully saturated rings. The Morgan fingerprint density at radius 1 is 1.15 bits per heavy atom. The number of nitrogens with zero attached hydrogens (tertiary/aromatic N) is 2. The minimum atomic E-state index is -3.04. The predicted molar refractivity (Wildman–Crippen MR) is 115 cm³/mol. The number of rotatable bonds is 3. The molecule has 0 radical (unpaired) electrons. The van der Waals surface area contributed by atoms with Gasteiger partial charge in [0, 0.05) is 16.5 Å². The van der Waals surface area contributed by atoms with Crippen molar-refractivity contribution in [3.05, 3.63) is 64.2 Å². The monoisotopic (exact) mass is 420 g/mol. The number of aliphatic imine (C=N–C) groups is 1. The van der Waals surface area contributed by atoms with Crippen LogP contribution in [0.2, 0.25) is 5.02 Å². The number of thioether (sulfide) groups is 1. The SMILES string of the molecule is Cc1ccc(N2C(SCc3ccccc3Cl)=N[C@@H]3CS(=O)(=O)C[C@@H]32)cc1C. The first-order chi connectivity index (χ1) is 12.8. The molecule has 0 saturated carbocycles. The van der Waals surface area contributed by atoms with Crippen molar-refractivity contribution in [3.8, 4) is 0 Å². The Labute approximate surface area is 169 Å². The summed E-state index contributed by atoms with van der Waals surface area (Å²) in [7, 11) is -3.04. The predicted octanol–water partition coefficient (Wildman–Crippen LogP) is 4.23. The fourth-order valence-electron chi connectivity index (χ4n) is 3.57. The zero-order chi connectivity index (χ0) is 19.2. The number of anilines is 1. The highest BCUT2D eigenvalue weighted by Crippen LogP contribution is 2.37. The van der Waals surface area contributed by atoms with Gasteiger partial charge >= 0.3 is 0 Å². The number of aryl methyl sites for hydroxylation is 2. The van der Waals surface area contributed by atoms with Crippen molar-refractivity contribution in [2.75, 3.05) is 16.4 Å². The molecule has 2 atom stereocenters. The molecule has 2 aromatic carbocycles. The molecule has 0 spiro atoms. The van der Waals surface area contributed by atoms with Gasteiger partial charge in [-0.05, 0) is 48.7 Å². The second-order valence-corrected chi connectivity index (χ2v) is 10.6. The lowest BCUT2D eigenvalue weighted by molar-refractivity contribution is 0.601. The van der Waals surface area contributed by atoms with Crippen molar-refractivity contribution in [3.63, 3.8) is 0 Å². The van der Waals surface area contributed by atoms with E-state index in [4.69, 9.17) is 16.6 Å². The number of fused-ring (bicyclic) bond motifs is 1. The topological polar surface area (TPSA) is 49.7 Å². The van der Waals surface area contributed by atoms with Gasteiger partial charge in [0.1, 0.15) is 0 Å². The van der Waals surface area contributed by atoms with E-state index >= 15 is 0 Å². The quantitative estimate of drug-likeness (QED) is 0.745. The molecule has 4 nitrogen and oxygen atoms in total. The summed E-state index contributed by atoms with van der Waals surface area (Å²) in [4.78, 5) is 6.90. The van der Waals surface area contributed by atoms with Crippen LogP contribution in [0.15, 0.2) is 47.5 Å². The molecule has 0 N–H and O–H groups in total. The third kappa shape index (κ3) is 3.75. The number of hydrogen-bond donors (Lipinski definition) is 0. The summed E-state index contributed by atoms with van der Waals surface area (Å²) in [6.07, 6.45) is 0. The number of sulfone groups is 1. The molecule has 0 bridgehead atoms. The molecule has 1 saturated heterocycles. The molecule has 0 aromatic heterocycles. The molecular formula is C20H21ClN2O2S2. The van der Waals surface area contributed by atoms with E-state index in [0.29, 0.717) is 5.75 Å². The van der Waals surface area contributed by atoms with Crippen LogP contribution < -0.4 is 4.90 Å². The average molecular weight is 421 g/mol. The number of amidine groups is 1. The normalized spacial score (nSPS) is 23.4. The molecule has 2 aromatic rings. The first-order valence-corrected chi connectivity index (χ1v) is 12.0. The van der Waals surface area contributed by atoms with Crippen LogP contribution in [0.3, 0.4) is 0 Å². The second-order valence-electron chi connectivity index (χ2n) is 7.14. The van der Waals surface area contributed by atoms with Crippen LogP contribution in [0.4, 0.5) is 5.69 Å². The van der Waals surface area contributed by atoms with Crippen molar-refractivity contribution in [2.45, 2.75) is 31.7 Å². The van der Waals surface area contributed by atoms with E-state index in [1.807, 2.05) is 24.3 Å². The summed E-state index contributed by atoms with van der Waals surface area (Å²) in [5, 5.41) is 1.62. The maximum Gasteiger partial charge on any atom is 0.164 e. The van der Waals surface area contributed by atoms with Crippen LogP contribution in [0.25, 0.3) is 0 Å². The maximum absolute atomic E-state index is 12.2. The Morgan fingerprint density at radius 2 is 1.93 bits per heavy atom. The summed E-state index contributed by atoms with van der Waals surface area (Å²) in [6, 6.07) is 13.7. The lowest BCUT2D eigenvalue weighted by atomic mass is 10.1. The van der Waals surface area contributed by atoms with E-state index in [1.165, 1.54) is 11.1 Å². The number of halogens is 1. The Morgan fingerprint density at radius 3 is 2.67 bits per heavy atom. The second kappa shape index (κ2) is 7.15. The molecule has 2 heterocycles. The minimum absolute atomic E-state index is 0.120. The van der Waals surface area contributed by atoms with Crippen LogP contribution >= 0.6 is 23.4 Å². The van der Waals surface area contributed by atoms with Crippen LogP contribution in [-0.4, -0.2) is 37.2 Å². The van der Waals surface area contributed by atoms with Crippen LogP contribution in [0.1, 0.15) is 16.7 Å². The van der Waals surface area contributed by atoms with Crippen molar-refractivity contribution >= 4 is 44.1 Å². The van der Waals surface area contributed by atoms with Crippen molar-refractivity contribution in [2.24, 2.45) is 4.99 Å². The zero-order valence-corrected chi connectivity index (χ0v) is 17.6. The van der Waals surface area contributed by atoms with Gasteiger partial charge in [0.25, 0.3) is 0 Å². The fraction of sp³-hybridized carbons (Fsp3) is 0.350. The third-order valence-corrected chi connectivity index (χ3v) is 8.27. The maximum atomic E-state index is 12.2. The summed E-state index contributed by atoms with van der Waals surface area (Å²) in [5.74, 6) is 0.992. The Kier molecular flexibility index (Phi) is 4.99. The lowest BCUT2D eigenvalue weighted by Gasteiger charge is -2.27. The van der Waals surface area contributed by atoms with Crippen molar-refractivity contribution in [1.82, 2.24) is 0 Å².